The van der Waals surface area contributed by atoms with E-state index in [1.807, 2.05) is 6.92 Å². The zero-order valence-corrected chi connectivity index (χ0v) is 9.19. The molecule has 1 rings (SSSR count). The molecule has 0 radical (unpaired) electrons. The van der Waals surface area contributed by atoms with E-state index in [-0.39, 0.29) is 11.8 Å². The van der Waals surface area contributed by atoms with Crippen molar-refractivity contribution in [2.24, 2.45) is 5.92 Å². The van der Waals surface area contributed by atoms with Crippen LogP contribution in [0.25, 0.3) is 0 Å². The van der Waals surface area contributed by atoms with Crippen molar-refractivity contribution < 1.29 is 14.7 Å². The second kappa shape index (κ2) is 5.11. The molecule has 0 bridgehead atoms. The maximum Gasteiger partial charge on any atom is 0.326 e. The molecule has 86 valence electrons. The van der Waals surface area contributed by atoms with Crippen molar-refractivity contribution in [2.75, 3.05) is 20.1 Å². The summed E-state index contributed by atoms with van der Waals surface area (Å²) in [6.45, 7) is 3.04. The fourth-order valence-electron chi connectivity index (χ4n) is 1.98. The number of carbonyl (C=O) groups excluding carboxylic acids is 1. The number of carbonyl (C=O) groups is 2. The molecule has 1 saturated heterocycles. The number of amides is 1. The third-order valence-corrected chi connectivity index (χ3v) is 2.86. The second-order valence-electron chi connectivity index (χ2n) is 3.99. The van der Waals surface area contributed by atoms with E-state index in [9.17, 15) is 9.59 Å². The molecule has 5 heteroatoms. The summed E-state index contributed by atoms with van der Waals surface area (Å²) in [6, 6.07) is -0.630. The van der Waals surface area contributed by atoms with Crippen LogP contribution in [0.15, 0.2) is 0 Å². The molecule has 1 aliphatic rings. The SMILES string of the molecule is CNCCC(=O)N1CCC(C)C1C(=O)O. The molecule has 1 fully saturated rings. The first-order valence-electron chi connectivity index (χ1n) is 5.24. The van der Waals surface area contributed by atoms with Crippen LogP contribution in [0.5, 0.6) is 0 Å². The van der Waals surface area contributed by atoms with Crippen LogP contribution in [0.4, 0.5) is 0 Å². The van der Waals surface area contributed by atoms with E-state index in [4.69, 9.17) is 5.11 Å². The Morgan fingerprint density at radius 3 is 2.73 bits per heavy atom. The zero-order valence-electron chi connectivity index (χ0n) is 9.19. The highest BCUT2D eigenvalue weighted by molar-refractivity contribution is 5.84. The van der Waals surface area contributed by atoms with Crippen LogP contribution in [0.2, 0.25) is 0 Å². The first kappa shape index (κ1) is 12.0. The highest BCUT2D eigenvalue weighted by Crippen LogP contribution is 2.24. The molecule has 1 amide bonds. The maximum absolute atomic E-state index is 11.7. The first-order valence-corrected chi connectivity index (χ1v) is 5.24. The van der Waals surface area contributed by atoms with Gasteiger partial charge in [0.2, 0.25) is 5.91 Å². The van der Waals surface area contributed by atoms with E-state index in [0.717, 1.165) is 6.42 Å². The van der Waals surface area contributed by atoms with Crippen LogP contribution in [-0.2, 0) is 9.59 Å². The normalized spacial score (nSPS) is 25.6. The summed E-state index contributed by atoms with van der Waals surface area (Å²) in [5.41, 5.74) is 0. The van der Waals surface area contributed by atoms with Crippen molar-refractivity contribution in [3.05, 3.63) is 0 Å². The lowest BCUT2D eigenvalue weighted by Crippen LogP contribution is -2.43. The minimum atomic E-state index is -0.891. The lowest BCUT2D eigenvalue weighted by Gasteiger charge is -2.23. The average Bonchev–Trinajstić information content (AvgIpc) is 2.56. The molecular weight excluding hydrogens is 196 g/mol. The Kier molecular flexibility index (Phi) is 4.08. The van der Waals surface area contributed by atoms with Gasteiger partial charge in [-0.2, -0.15) is 0 Å². The Hall–Kier alpha value is -1.10. The molecule has 0 spiro atoms. The molecule has 1 heterocycles. The monoisotopic (exact) mass is 214 g/mol. The number of aliphatic carboxylic acids is 1. The van der Waals surface area contributed by atoms with Gasteiger partial charge in [-0.3, -0.25) is 4.79 Å². The number of nitrogens with one attached hydrogen (secondary N) is 1. The Balaban J connectivity index is 2.60. The van der Waals surface area contributed by atoms with Gasteiger partial charge in [-0.25, -0.2) is 4.79 Å². The summed E-state index contributed by atoms with van der Waals surface area (Å²) in [5, 5.41) is 11.9. The zero-order chi connectivity index (χ0) is 11.4. The first-order chi connectivity index (χ1) is 7.07. The second-order valence-corrected chi connectivity index (χ2v) is 3.99. The van der Waals surface area contributed by atoms with Crippen molar-refractivity contribution in [3.8, 4) is 0 Å². The Bertz CT molecular complexity index is 255. The molecule has 0 aromatic heterocycles. The van der Waals surface area contributed by atoms with Crippen molar-refractivity contribution in [1.29, 1.82) is 0 Å². The highest BCUT2D eigenvalue weighted by Gasteiger charge is 2.38. The number of carboxylic acids is 1. The Morgan fingerprint density at radius 1 is 1.53 bits per heavy atom. The maximum atomic E-state index is 11.7. The van der Waals surface area contributed by atoms with Crippen LogP contribution in [0, 0.1) is 5.92 Å². The van der Waals surface area contributed by atoms with Gasteiger partial charge >= 0.3 is 5.97 Å². The van der Waals surface area contributed by atoms with Crippen molar-refractivity contribution in [2.45, 2.75) is 25.8 Å². The van der Waals surface area contributed by atoms with Crippen LogP contribution in [0.3, 0.4) is 0 Å². The van der Waals surface area contributed by atoms with Crippen LogP contribution in [-0.4, -0.2) is 48.1 Å². The predicted molar refractivity (Wildman–Crippen MR) is 55.5 cm³/mol. The van der Waals surface area contributed by atoms with Crippen LogP contribution < -0.4 is 5.32 Å². The van der Waals surface area contributed by atoms with Crippen molar-refractivity contribution in [1.82, 2.24) is 10.2 Å². The Morgan fingerprint density at radius 2 is 2.20 bits per heavy atom. The van der Waals surface area contributed by atoms with E-state index in [2.05, 4.69) is 5.32 Å². The fourth-order valence-corrected chi connectivity index (χ4v) is 1.98. The molecule has 2 N–H and O–H groups in total. The summed E-state index contributed by atoms with van der Waals surface area (Å²) >= 11 is 0. The largest absolute Gasteiger partial charge is 0.480 e. The number of likely N-dealkylation sites (tertiary alicyclic amines) is 1. The number of hydrogen-bond acceptors (Lipinski definition) is 3. The Labute approximate surface area is 89.4 Å². The molecular formula is C10H18N2O3. The predicted octanol–water partition coefficient (Wildman–Crippen LogP) is -0.0825. The summed E-state index contributed by atoms with van der Waals surface area (Å²) in [6.07, 6.45) is 1.15. The molecule has 2 unspecified atom stereocenters. The summed E-state index contributed by atoms with van der Waals surface area (Å²) < 4.78 is 0. The highest BCUT2D eigenvalue weighted by atomic mass is 16.4. The third kappa shape index (κ3) is 2.68. The van der Waals surface area contributed by atoms with Gasteiger partial charge in [-0.15, -0.1) is 0 Å². The van der Waals surface area contributed by atoms with Gasteiger partial charge in [0.05, 0.1) is 0 Å². The number of carboxylic acid groups (broad SMARTS) is 1. The fraction of sp³-hybridized carbons (Fsp3) is 0.800. The minimum absolute atomic E-state index is 0.0565. The lowest BCUT2D eigenvalue weighted by atomic mass is 10.0. The molecule has 2 atom stereocenters. The van der Waals surface area contributed by atoms with Gasteiger partial charge in [0.25, 0.3) is 0 Å². The molecule has 5 nitrogen and oxygen atoms in total. The van der Waals surface area contributed by atoms with E-state index in [1.54, 1.807) is 7.05 Å². The van der Waals surface area contributed by atoms with E-state index >= 15 is 0 Å². The molecule has 1 aliphatic heterocycles. The quantitative estimate of drug-likeness (QED) is 0.686. The van der Waals surface area contributed by atoms with E-state index in [0.29, 0.717) is 19.5 Å². The van der Waals surface area contributed by atoms with Gasteiger partial charge in [-0.1, -0.05) is 6.92 Å². The van der Waals surface area contributed by atoms with Gasteiger partial charge < -0.3 is 15.3 Å². The number of nitrogens with zero attached hydrogens (tertiary/aromatic N) is 1. The summed E-state index contributed by atoms with van der Waals surface area (Å²) in [7, 11) is 1.77. The van der Waals surface area contributed by atoms with Crippen molar-refractivity contribution in [3.63, 3.8) is 0 Å². The minimum Gasteiger partial charge on any atom is -0.480 e. The van der Waals surface area contributed by atoms with Gasteiger partial charge in [0.15, 0.2) is 0 Å². The van der Waals surface area contributed by atoms with E-state index < -0.39 is 12.0 Å². The third-order valence-electron chi connectivity index (χ3n) is 2.86. The number of rotatable bonds is 4. The average molecular weight is 214 g/mol. The number of hydrogen-bond donors (Lipinski definition) is 2. The molecule has 0 aliphatic carbocycles. The summed E-state index contributed by atoms with van der Waals surface area (Å²) in [4.78, 5) is 24.2. The standard InChI is InChI=1S/C10H18N2O3/c1-7-4-6-12(9(7)10(14)15)8(13)3-5-11-2/h7,9,11H,3-6H2,1-2H3,(H,14,15). The summed E-state index contributed by atoms with van der Waals surface area (Å²) in [5.74, 6) is -0.903. The molecule has 0 aromatic rings. The van der Waals surface area contributed by atoms with Gasteiger partial charge in [0.1, 0.15) is 6.04 Å². The van der Waals surface area contributed by atoms with Crippen LogP contribution in [0.1, 0.15) is 19.8 Å². The molecule has 15 heavy (non-hydrogen) atoms. The van der Waals surface area contributed by atoms with Crippen molar-refractivity contribution >= 4 is 11.9 Å². The van der Waals surface area contributed by atoms with E-state index in [1.165, 1.54) is 4.90 Å². The van der Waals surface area contributed by atoms with Gasteiger partial charge in [0, 0.05) is 19.5 Å². The topological polar surface area (TPSA) is 69.6 Å². The molecule has 0 aromatic carbocycles. The smallest absolute Gasteiger partial charge is 0.326 e. The van der Waals surface area contributed by atoms with Crippen LogP contribution >= 0.6 is 0 Å². The molecule has 0 saturated carbocycles. The van der Waals surface area contributed by atoms with Gasteiger partial charge in [-0.05, 0) is 19.4 Å². The lowest BCUT2D eigenvalue weighted by molar-refractivity contribution is -0.149.